The fourth-order valence-corrected chi connectivity index (χ4v) is 5.94. The lowest BCUT2D eigenvalue weighted by Crippen LogP contribution is -2.38. The maximum Gasteiger partial charge on any atom is 0.320 e. The molecule has 1 unspecified atom stereocenters. The van der Waals surface area contributed by atoms with Gasteiger partial charge in [-0.1, -0.05) is 11.6 Å². The molecule has 5 heterocycles. The van der Waals surface area contributed by atoms with Crippen LogP contribution >= 0.6 is 22.9 Å². The molecule has 180 valence electrons. The summed E-state index contributed by atoms with van der Waals surface area (Å²) >= 11 is 7.76. The van der Waals surface area contributed by atoms with Gasteiger partial charge in [-0.25, -0.2) is 4.98 Å². The van der Waals surface area contributed by atoms with E-state index in [4.69, 9.17) is 21.3 Å². The Morgan fingerprint density at radius 1 is 1.14 bits per heavy atom. The summed E-state index contributed by atoms with van der Waals surface area (Å²) in [4.78, 5) is 28.9. The number of nitrogens with zero attached hydrogens (tertiary/aromatic N) is 4. The first kappa shape index (κ1) is 22.3. The normalized spacial score (nSPS) is 18.6. The van der Waals surface area contributed by atoms with Gasteiger partial charge in [0.15, 0.2) is 0 Å². The molecule has 1 saturated heterocycles. The van der Waals surface area contributed by atoms with E-state index < -0.39 is 0 Å². The first-order chi connectivity index (χ1) is 17.0. The van der Waals surface area contributed by atoms with Crippen LogP contribution in [0.3, 0.4) is 0 Å². The lowest BCUT2D eigenvalue weighted by atomic mass is 10.1. The molecular formula is C24H24ClN7O2S. The first-order valence-corrected chi connectivity index (χ1v) is 12.8. The molecule has 3 aromatic heterocycles. The van der Waals surface area contributed by atoms with Crippen LogP contribution in [0, 0.1) is 0 Å². The highest BCUT2D eigenvalue weighted by Crippen LogP contribution is 2.40. The molecule has 1 atom stereocenters. The van der Waals surface area contributed by atoms with Crippen molar-refractivity contribution < 1.29 is 9.53 Å². The number of carbonyl (C=O) groups is 1. The Balaban J connectivity index is 1.30. The number of hydrogen-bond acceptors (Lipinski definition) is 9. The predicted molar refractivity (Wildman–Crippen MR) is 139 cm³/mol. The number of hydrogen-bond donors (Lipinski definition) is 3. The highest BCUT2D eigenvalue weighted by atomic mass is 35.5. The van der Waals surface area contributed by atoms with E-state index in [1.165, 1.54) is 11.3 Å². The standard InChI is InChI=1S/C24H24ClN7O2S/c1-32-10-2-3-13(12-32)34-24-29-17(25)11-19(31-24)30-18-7-4-14-15(28-18)5-6-16-20(14)21-22(35-16)23(33)27-9-8-26-21/h4-7,11,13,26H,2-3,8-10,12H2,1H3,(H,27,33)(H,28,29,30,31). The van der Waals surface area contributed by atoms with Gasteiger partial charge >= 0.3 is 6.01 Å². The topological polar surface area (TPSA) is 104 Å². The number of anilines is 3. The number of pyridine rings is 1. The summed E-state index contributed by atoms with van der Waals surface area (Å²) in [6, 6.07) is 9.80. The van der Waals surface area contributed by atoms with Crippen molar-refractivity contribution in [2.24, 2.45) is 0 Å². The minimum absolute atomic E-state index is 0.0378. The van der Waals surface area contributed by atoms with Gasteiger partial charge in [0.1, 0.15) is 27.8 Å². The van der Waals surface area contributed by atoms with Crippen LogP contribution in [0.5, 0.6) is 6.01 Å². The fraction of sp³-hybridized carbons (Fsp3) is 0.333. The zero-order valence-electron chi connectivity index (χ0n) is 19.1. The maximum atomic E-state index is 12.5. The number of halogens is 1. The molecule has 0 aliphatic carbocycles. The molecule has 0 saturated carbocycles. The molecule has 0 spiro atoms. The molecule has 1 aromatic carbocycles. The van der Waals surface area contributed by atoms with Crippen LogP contribution in [0.25, 0.3) is 21.0 Å². The Bertz CT molecular complexity index is 1440. The third kappa shape index (κ3) is 4.44. The molecule has 9 nitrogen and oxygen atoms in total. The molecule has 4 aromatic rings. The van der Waals surface area contributed by atoms with Crippen molar-refractivity contribution in [2.45, 2.75) is 18.9 Å². The van der Waals surface area contributed by atoms with Gasteiger partial charge < -0.3 is 25.6 Å². The SMILES string of the molecule is CN1CCCC(Oc2nc(Cl)cc(Nc3ccc4c(ccc5sc6c(c54)NCCNC6=O)n3)n2)C1. The summed E-state index contributed by atoms with van der Waals surface area (Å²) in [5.74, 6) is 1.10. The number of thiophene rings is 1. The first-order valence-electron chi connectivity index (χ1n) is 11.6. The van der Waals surface area contributed by atoms with Crippen LogP contribution in [0.2, 0.25) is 5.15 Å². The van der Waals surface area contributed by atoms with Gasteiger partial charge in [0.25, 0.3) is 5.91 Å². The molecular weight excluding hydrogens is 486 g/mol. The van der Waals surface area contributed by atoms with Gasteiger partial charge in [-0.05, 0) is 50.7 Å². The summed E-state index contributed by atoms with van der Waals surface area (Å²) in [5.41, 5.74) is 1.70. The van der Waals surface area contributed by atoms with E-state index in [9.17, 15) is 4.79 Å². The van der Waals surface area contributed by atoms with E-state index in [1.54, 1.807) is 6.07 Å². The lowest BCUT2D eigenvalue weighted by Gasteiger charge is -2.29. The second-order valence-corrected chi connectivity index (χ2v) is 10.3. The number of fused-ring (bicyclic) bond motifs is 5. The number of benzene rings is 1. The number of amides is 1. The molecule has 0 radical (unpaired) electrons. The van der Waals surface area contributed by atoms with Gasteiger partial charge in [-0.3, -0.25) is 4.79 Å². The predicted octanol–water partition coefficient (Wildman–Crippen LogP) is 4.26. The van der Waals surface area contributed by atoms with Gasteiger partial charge in [0.05, 0.1) is 11.2 Å². The number of carbonyl (C=O) groups excluding carboxylic acids is 1. The van der Waals surface area contributed by atoms with E-state index in [-0.39, 0.29) is 18.0 Å². The Hall–Kier alpha value is -3.21. The Morgan fingerprint density at radius 2 is 2.03 bits per heavy atom. The minimum atomic E-state index is -0.0378. The maximum absolute atomic E-state index is 12.5. The number of aromatic nitrogens is 3. The summed E-state index contributed by atoms with van der Waals surface area (Å²) in [7, 11) is 2.08. The summed E-state index contributed by atoms with van der Waals surface area (Å²) in [6.07, 6.45) is 2.08. The van der Waals surface area contributed by atoms with Gasteiger partial charge in [-0.2, -0.15) is 9.97 Å². The highest BCUT2D eigenvalue weighted by molar-refractivity contribution is 7.21. The number of likely N-dealkylation sites (N-methyl/N-ethyl adjacent to an activating group) is 1. The van der Waals surface area contributed by atoms with Gasteiger partial charge in [-0.15, -0.1) is 11.3 Å². The molecule has 6 rings (SSSR count). The summed E-state index contributed by atoms with van der Waals surface area (Å²) in [5, 5.41) is 11.9. The van der Waals surface area contributed by atoms with Crippen molar-refractivity contribution in [1.29, 1.82) is 0 Å². The minimum Gasteiger partial charge on any atom is -0.459 e. The third-order valence-electron chi connectivity index (χ3n) is 6.22. The molecule has 2 aliphatic heterocycles. The van der Waals surface area contributed by atoms with E-state index in [1.807, 2.05) is 24.3 Å². The van der Waals surface area contributed by atoms with Crippen molar-refractivity contribution in [3.05, 3.63) is 40.4 Å². The molecule has 35 heavy (non-hydrogen) atoms. The summed E-state index contributed by atoms with van der Waals surface area (Å²) in [6.45, 7) is 3.19. The number of nitrogens with one attached hydrogen (secondary N) is 3. The van der Waals surface area contributed by atoms with Crippen molar-refractivity contribution in [3.8, 4) is 6.01 Å². The van der Waals surface area contributed by atoms with E-state index >= 15 is 0 Å². The second-order valence-electron chi connectivity index (χ2n) is 8.82. The smallest absolute Gasteiger partial charge is 0.320 e. The molecule has 11 heteroatoms. The van der Waals surface area contributed by atoms with Crippen LogP contribution in [0.1, 0.15) is 22.5 Å². The Labute approximate surface area is 210 Å². The van der Waals surface area contributed by atoms with Crippen LogP contribution in [-0.4, -0.2) is 65.1 Å². The van der Waals surface area contributed by atoms with E-state index in [2.05, 4.69) is 37.9 Å². The summed E-state index contributed by atoms with van der Waals surface area (Å²) < 4.78 is 7.07. The van der Waals surface area contributed by atoms with Crippen LogP contribution in [0.15, 0.2) is 30.3 Å². The van der Waals surface area contributed by atoms with Crippen molar-refractivity contribution in [1.82, 2.24) is 25.2 Å². The highest BCUT2D eigenvalue weighted by Gasteiger charge is 2.23. The monoisotopic (exact) mass is 509 g/mol. The number of piperidine rings is 1. The molecule has 1 amide bonds. The van der Waals surface area contributed by atoms with Crippen LogP contribution < -0.4 is 20.7 Å². The molecule has 3 N–H and O–H groups in total. The van der Waals surface area contributed by atoms with Crippen LogP contribution in [-0.2, 0) is 0 Å². The van der Waals surface area contributed by atoms with E-state index in [0.29, 0.717) is 34.8 Å². The zero-order valence-corrected chi connectivity index (χ0v) is 20.7. The third-order valence-corrected chi connectivity index (χ3v) is 7.57. The Morgan fingerprint density at radius 3 is 2.91 bits per heavy atom. The van der Waals surface area contributed by atoms with Crippen molar-refractivity contribution in [2.75, 3.05) is 43.9 Å². The van der Waals surface area contributed by atoms with Gasteiger partial charge in [0, 0.05) is 41.2 Å². The largest absolute Gasteiger partial charge is 0.459 e. The lowest BCUT2D eigenvalue weighted by molar-refractivity contribution is 0.0954. The molecule has 2 aliphatic rings. The number of rotatable bonds is 4. The quantitative estimate of drug-likeness (QED) is 0.350. The number of likely N-dealkylation sites (tertiary alicyclic amines) is 1. The molecule has 0 bridgehead atoms. The average molecular weight is 510 g/mol. The fourth-order valence-electron chi connectivity index (χ4n) is 4.65. The second kappa shape index (κ2) is 9.10. The zero-order chi connectivity index (χ0) is 23.9. The molecule has 1 fully saturated rings. The van der Waals surface area contributed by atoms with Crippen LogP contribution in [0.4, 0.5) is 17.3 Å². The van der Waals surface area contributed by atoms with Crippen molar-refractivity contribution >= 4 is 67.2 Å². The van der Waals surface area contributed by atoms with Crippen molar-refractivity contribution in [3.63, 3.8) is 0 Å². The Kier molecular flexibility index (Phi) is 5.79. The number of ether oxygens (including phenoxy) is 1. The average Bonchev–Trinajstić information content (AvgIpc) is 3.11. The van der Waals surface area contributed by atoms with E-state index in [0.717, 1.165) is 52.6 Å². The van der Waals surface area contributed by atoms with Gasteiger partial charge in [0.2, 0.25) is 0 Å².